The van der Waals surface area contributed by atoms with Gasteiger partial charge >= 0.3 is 6.09 Å². The van der Waals surface area contributed by atoms with E-state index in [1.165, 1.54) is 18.2 Å². The molecule has 2 heterocycles. The molecule has 0 spiro atoms. The van der Waals surface area contributed by atoms with Gasteiger partial charge in [0.25, 0.3) is 17.7 Å². The summed E-state index contributed by atoms with van der Waals surface area (Å²) in [5, 5.41) is 4.82. The highest BCUT2D eigenvalue weighted by atomic mass is 16.5. The highest BCUT2D eigenvalue weighted by molar-refractivity contribution is 6.24. The number of carbonyl (C=O) groups excluding carboxylic acids is 6. The van der Waals surface area contributed by atoms with E-state index in [4.69, 9.17) is 15.2 Å². The number of ether oxygens (including phenoxy) is 2. The van der Waals surface area contributed by atoms with Gasteiger partial charge in [-0.25, -0.2) is 4.79 Å². The predicted octanol–water partition coefficient (Wildman–Crippen LogP) is 0.378. The van der Waals surface area contributed by atoms with Gasteiger partial charge in [-0.1, -0.05) is 30.3 Å². The Morgan fingerprint density at radius 2 is 1.75 bits per heavy atom. The molecule has 2 aromatic rings. The summed E-state index contributed by atoms with van der Waals surface area (Å²) in [4.78, 5) is 73.4. The Labute approximate surface area is 204 Å². The summed E-state index contributed by atoms with van der Waals surface area (Å²) in [6.07, 6.45) is -0.824. The van der Waals surface area contributed by atoms with Gasteiger partial charge in [-0.2, -0.15) is 0 Å². The molecule has 4 N–H and O–H groups in total. The molecule has 1 atom stereocenters. The third-order valence-corrected chi connectivity index (χ3v) is 5.68. The molecule has 0 aromatic heterocycles. The second-order valence-electron chi connectivity index (χ2n) is 8.12. The minimum atomic E-state index is -1.10. The monoisotopic (exact) mass is 494 g/mol. The van der Waals surface area contributed by atoms with Crippen LogP contribution in [0.15, 0.2) is 42.5 Å². The van der Waals surface area contributed by atoms with E-state index in [0.717, 1.165) is 16.0 Å². The van der Waals surface area contributed by atoms with E-state index in [0.29, 0.717) is 0 Å². The van der Waals surface area contributed by atoms with E-state index in [1.54, 1.807) is 24.3 Å². The molecule has 4 rings (SSSR count). The number of hydrogen-bond donors (Lipinski definition) is 3. The Bertz CT molecular complexity index is 1260. The molecule has 2 aromatic carbocycles. The molecular weight excluding hydrogens is 472 g/mol. The number of carbonyl (C=O) groups is 6. The van der Waals surface area contributed by atoms with Crippen LogP contribution in [0.5, 0.6) is 5.75 Å². The lowest BCUT2D eigenvalue weighted by Crippen LogP contribution is -2.54. The van der Waals surface area contributed by atoms with Crippen LogP contribution in [0.2, 0.25) is 0 Å². The Morgan fingerprint density at radius 1 is 1.03 bits per heavy atom. The van der Waals surface area contributed by atoms with Gasteiger partial charge in [-0.05, 0) is 29.7 Å². The molecule has 1 saturated heterocycles. The summed E-state index contributed by atoms with van der Waals surface area (Å²) in [7, 11) is 0. The number of amides is 6. The van der Waals surface area contributed by atoms with Gasteiger partial charge in [-0.15, -0.1) is 0 Å². The zero-order valence-corrected chi connectivity index (χ0v) is 18.9. The number of nitrogens with one attached hydrogen (secondary N) is 2. The third-order valence-electron chi connectivity index (χ3n) is 5.68. The molecule has 12 nitrogen and oxygen atoms in total. The van der Waals surface area contributed by atoms with Crippen LogP contribution in [0.1, 0.15) is 44.7 Å². The number of fused-ring (bicyclic) bond motifs is 1. The molecule has 186 valence electrons. The molecule has 0 bridgehead atoms. The Balaban J connectivity index is 1.35. The minimum absolute atomic E-state index is 0.0111. The first-order valence-corrected chi connectivity index (χ1v) is 11.0. The van der Waals surface area contributed by atoms with E-state index in [2.05, 4.69) is 10.6 Å². The first kappa shape index (κ1) is 24.4. The SMILES string of the molecule is NC(=O)OCc1ccc(CNC(=O)COc2cccc3c2C(=O)N(C2CCC(=O)NC2=O)C3=O)cc1. The number of primary amides is 1. The van der Waals surface area contributed by atoms with Crippen molar-refractivity contribution in [1.29, 1.82) is 0 Å². The predicted molar refractivity (Wildman–Crippen MR) is 121 cm³/mol. The van der Waals surface area contributed by atoms with E-state index < -0.39 is 48.3 Å². The minimum Gasteiger partial charge on any atom is -0.483 e. The van der Waals surface area contributed by atoms with Crippen molar-refractivity contribution in [2.45, 2.75) is 32.0 Å². The Kier molecular flexibility index (Phi) is 6.95. The number of nitrogens with zero attached hydrogens (tertiary/aromatic N) is 1. The van der Waals surface area contributed by atoms with Gasteiger partial charge in [0.1, 0.15) is 18.4 Å². The zero-order valence-electron chi connectivity index (χ0n) is 18.9. The molecule has 1 fully saturated rings. The maximum Gasteiger partial charge on any atom is 0.404 e. The summed E-state index contributed by atoms with van der Waals surface area (Å²) < 4.78 is 10.3. The summed E-state index contributed by atoms with van der Waals surface area (Å²) in [6.45, 7) is -0.174. The zero-order chi connectivity index (χ0) is 25.8. The fourth-order valence-corrected chi connectivity index (χ4v) is 3.91. The van der Waals surface area contributed by atoms with Crippen LogP contribution in [0.3, 0.4) is 0 Å². The number of imide groups is 2. The lowest BCUT2D eigenvalue weighted by molar-refractivity contribution is -0.136. The average molecular weight is 494 g/mol. The summed E-state index contributed by atoms with van der Waals surface area (Å²) in [5.41, 5.74) is 6.47. The quantitative estimate of drug-likeness (QED) is 0.442. The molecule has 6 amide bonds. The van der Waals surface area contributed by atoms with E-state index >= 15 is 0 Å². The summed E-state index contributed by atoms with van der Waals surface area (Å²) in [6, 6.07) is 10.3. The Hall–Kier alpha value is -4.74. The largest absolute Gasteiger partial charge is 0.483 e. The van der Waals surface area contributed by atoms with Gasteiger partial charge in [0.2, 0.25) is 11.8 Å². The summed E-state index contributed by atoms with van der Waals surface area (Å²) >= 11 is 0. The molecule has 0 aliphatic carbocycles. The van der Waals surface area contributed by atoms with Crippen LogP contribution in [0.4, 0.5) is 4.79 Å². The lowest BCUT2D eigenvalue weighted by Gasteiger charge is -2.27. The molecular formula is C24H22N4O8. The molecule has 36 heavy (non-hydrogen) atoms. The number of nitrogens with two attached hydrogens (primary N) is 1. The van der Waals surface area contributed by atoms with Gasteiger partial charge in [0, 0.05) is 13.0 Å². The van der Waals surface area contributed by atoms with Crippen molar-refractivity contribution in [3.05, 3.63) is 64.7 Å². The molecule has 1 unspecified atom stereocenters. The summed E-state index contributed by atoms with van der Waals surface area (Å²) in [5.74, 6) is -2.99. The Morgan fingerprint density at radius 3 is 2.44 bits per heavy atom. The molecule has 2 aliphatic rings. The fraction of sp³-hybridized carbons (Fsp3) is 0.250. The second-order valence-corrected chi connectivity index (χ2v) is 8.12. The molecule has 12 heteroatoms. The van der Waals surface area contributed by atoms with E-state index in [9.17, 15) is 28.8 Å². The number of hydrogen-bond acceptors (Lipinski definition) is 8. The van der Waals surface area contributed by atoms with Crippen molar-refractivity contribution in [1.82, 2.24) is 15.5 Å². The molecule has 2 aliphatic heterocycles. The second kappa shape index (κ2) is 10.3. The number of benzene rings is 2. The van der Waals surface area contributed by atoms with E-state index in [1.807, 2.05) is 0 Å². The first-order chi connectivity index (χ1) is 17.2. The fourth-order valence-electron chi connectivity index (χ4n) is 3.91. The topological polar surface area (TPSA) is 174 Å². The smallest absolute Gasteiger partial charge is 0.404 e. The maximum atomic E-state index is 13.0. The van der Waals surface area contributed by atoms with Crippen molar-refractivity contribution < 1.29 is 38.2 Å². The lowest BCUT2D eigenvalue weighted by atomic mass is 10.0. The number of piperidine rings is 1. The standard InChI is InChI=1S/C24H22N4O8/c25-24(34)36-11-14-6-4-13(5-7-14)10-26-19(30)12-35-17-3-1-2-15-20(17)23(33)28(22(15)32)16-8-9-18(29)27-21(16)31/h1-7,16H,8-12H2,(H2,25,34)(H,26,30)(H,27,29,31). The van der Waals surface area contributed by atoms with Crippen LogP contribution in [-0.4, -0.2) is 53.2 Å². The van der Waals surface area contributed by atoms with E-state index in [-0.39, 0.29) is 42.9 Å². The van der Waals surface area contributed by atoms with Crippen LogP contribution in [-0.2, 0) is 32.3 Å². The van der Waals surface area contributed by atoms with Crippen molar-refractivity contribution in [3.63, 3.8) is 0 Å². The first-order valence-electron chi connectivity index (χ1n) is 11.0. The maximum absolute atomic E-state index is 13.0. The van der Waals surface area contributed by atoms with Gasteiger partial charge in [0.15, 0.2) is 6.61 Å². The average Bonchev–Trinajstić information content (AvgIpc) is 3.11. The van der Waals surface area contributed by atoms with Crippen molar-refractivity contribution >= 4 is 35.6 Å². The van der Waals surface area contributed by atoms with Crippen molar-refractivity contribution in [2.24, 2.45) is 5.73 Å². The highest BCUT2D eigenvalue weighted by Gasteiger charge is 2.46. The molecule has 0 saturated carbocycles. The third kappa shape index (κ3) is 5.17. The van der Waals surface area contributed by atoms with Crippen LogP contribution < -0.4 is 21.1 Å². The molecule has 0 radical (unpaired) electrons. The van der Waals surface area contributed by atoms with Crippen molar-refractivity contribution in [2.75, 3.05) is 6.61 Å². The van der Waals surface area contributed by atoms with Crippen LogP contribution in [0, 0.1) is 0 Å². The van der Waals surface area contributed by atoms with Gasteiger partial charge < -0.3 is 20.5 Å². The van der Waals surface area contributed by atoms with Crippen LogP contribution in [0.25, 0.3) is 0 Å². The van der Waals surface area contributed by atoms with Gasteiger partial charge in [-0.3, -0.25) is 34.2 Å². The highest BCUT2D eigenvalue weighted by Crippen LogP contribution is 2.33. The normalized spacial score (nSPS) is 16.9. The van der Waals surface area contributed by atoms with Crippen LogP contribution >= 0.6 is 0 Å². The van der Waals surface area contributed by atoms with Crippen molar-refractivity contribution in [3.8, 4) is 5.75 Å². The number of rotatable bonds is 8. The van der Waals surface area contributed by atoms with Gasteiger partial charge in [0.05, 0.1) is 11.1 Å².